The molecule has 0 bridgehead atoms. The van der Waals surface area contributed by atoms with Gasteiger partial charge in [0.25, 0.3) is 0 Å². The summed E-state index contributed by atoms with van der Waals surface area (Å²) < 4.78 is 0. The van der Waals surface area contributed by atoms with Crippen LogP contribution in [0.25, 0.3) is 0 Å². The summed E-state index contributed by atoms with van der Waals surface area (Å²) in [6.45, 7) is 4.38. The molecular formula is C15H17N5. The molecule has 0 unspecified atom stereocenters. The SMILES string of the molecule is Cc1ccc(N(C)c2cc(NCC#N)ncn2)c(C)c1. The monoisotopic (exact) mass is 267 g/mol. The Morgan fingerprint density at radius 3 is 2.75 bits per heavy atom. The van der Waals surface area contributed by atoms with Gasteiger partial charge in [0, 0.05) is 18.8 Å². The van der Waals surface area contributed by atoms with E-state index in [9.17, 15) is 0 Å². The average Bonchev–Trinajstić information content (AvgIpc) is 2.45. The highest BCUT2D eigenvalue weighted by atomic mass is 15.2. The van der Waals surface area contributed by atoms with E-state index in [0.717, 1.165) is 11.5 Å². The molecule has 0 aliphatic heterocycles. The van der Waals surface area contributed by atoms with Crippen molar-refractivity contribution in [1.82, 2.24) is 9.97 Å². The van der Waals surface area contributed by atoms with Crippen LogP contribution in [0, 0.1) is 25.2 Å². The lowest BCUT2D eigenvalue weighted by Crippen LogP contribution is -2.13. The number of aromatic nitrogens is 2. The number of aryl methyl sites for hydroxylation is 2. The van der Waals surface area contributed by atoms with Crippen LogP contribution in [0.5, 0.6) is 0 Å². The molecule has 1 heterocycles. The molecule has 0 amide bonds. The van der Waals surface area contributed by atoms with E-state index in [-0.39, 0.29) is 6.54 Å². The van der Waals surface area contributed by atoms with E-state index < -0.39 is 0 Å². The van der Waals surface area contributed by atoms with Gasteiger partial charge in [-0.3, -0.25) is 0 Å². The molecule has 5 nitrogen and oxygen atoms in total. The zero-order chi connectivity index (χ0) is 14.5. The highest BCUT2D eigenvalue weighted by Gasteiger charge is 2.09. The molecule has 20 heavy (non-hydrogen) atoms. The molecule has 1 aromatic carbocycles. The maximum Gasteiger partial charge on any atom is 0.138 e. The second-order valence-electron chi connectivity index (χ2n) is 4.62. The molecule has 5 heteroatoms. The van der Waals surface area contributed by atoms with Crippen LogP contribution in [-0.2, 0) is 0 Å². The van der Waals surface area contributed by atoms with Gasteiger partial charge in [-0.1, -0.05) is 17.7 Å². The lowest BCUT2D eigenvalue weighted by atomic mass is 10.1. The Kier molecular flexibility index (Phi) is 4.16. The highest BCUT2D eigenvalue weighted by molar-refractivity contribution is 5.65. The van der Waals surface area contributed by atoms with Crippen LogP contribution in [0.3, 0.4) is 0 Å². The van der Waals surface area contributed by atoms with Gasteiger partial charge in [0.2, 0.25) is 0 Å². The Labute approximate surface area is 118 Å². The first kappa shape index (κ1) is 13.8. The number of hydrogen-bond acceptors (Lipinski definition) is 5. The smallest absolute Gasteiger partial charge is 0.138 e. The Hall–Kier alpha value is -2.61. The molecule has 2 aromatic rings. The Balaban J connectivity index is 2.28. The first-order chi connectivity index (χ1) is 9.61. The second kappa shape index (κ2) is 6.02. The van der Waals surface area contributed by atoms with E-state index in [1.807, 2.05) is 24.1 Å². The third-order valence-corrected chi connectivity index (χ3v) is 3.06. The van der Waals surface area contributed by atoms with Crippen molar-refractivity contribution in [2.45, 2.75) is 13.8 Å². The third-order valence-electron chi connectivity index (χ3n) is 3.06. The van der Waals surface area contributed by atoms with E-state index in [4.69, 9.17) is 5.26 Å². The summed E-state index contributed by atoms with van der Waals surface area (Å²) in [6.07, 6.45) is 1.50. The predicted octanol–water partition coefficient (Wildman–Crippen LogP) is 2.80. The van der Waals surface area contributed by atoms with Gasteiger partial charge >= 0.3 is 0 Å². The Bertz CT molecular complexity index is 645. The standard InChI is InChI=1S/C15H17N5/c1-11-4-5-13(12(2)8-11)20(3)15-9-14(17-7-6-16)18-10-19-15/h4-5,8-10H,7H2,1-3H3,(H,17,18,19). The summed E-state index contributed by atoms with van der Waals surface area (Å²) in [5.74, 6) is 1.43. The average molecular weight is 267 g/mol. The van der Waals surface area contributed by atoms with Gasteiger partial charge in [0.15, 0.2) is 0 Å². The fraction of sp³-hybridized carbons (Fsp3) is 0.267. The maximum atomic E-state index is 8.58. The van der Waals surface area contributed by atoms with Crippen LogP contribution in [-0.4, -0.2) is 23.6 Å². The van der Waals surface area contributed by atoms with Crippen LogP contribution in [0.15, 0.2) is 30.6 Å². The number of nitriles is 1. The van der Waals surface area contributed by atoms with Gasteiger partial charge in [0.05, 0.1) is 6.07 Å². The van der Waals surface area contributed by atoms with Gasteiger partial charge < -0.3 is 10.2 Å². The minimum Gasteiger partial charge on any atom is -0.357 e. The zero-order valence-electron chi connectivity index (χ0n) is 11.9. The van der Waals surface area contributed by atoms with Crippen molar-refractivity contribution in [2.75, 3.05) is 23.8 Å². The first-order valence-corrected chi connectivity index (χ1v) is 6.35. The van der Waals surface area contributed by atoms with E-state index in [0.29, 0.717) is 5.82 Å². The van der Waals surface area contributed by atoms with E-state index in [1.54, 1.807) is 0 Å². The maximum absolute atomic E-state index is 8.58. The van der Waals surface area contributed by atoms with E-state index in [1.165, 1.54) is 17.5 Å². The predicted molar refractivity (Wildman–Crippen MR) is 80.1 cm³/mol. The zero-order valence-corrected chi connectivity index (χ0v) is 11.9. The summed E-state index contributed by atoms with van der Waals surface area (Å²) in [5, 5.41) is 11.5. The van der Waals surface area contributed by atoms with Gasteiger partial charge in [-0.15, -0.1) is 0 Å². The van der Waals surface area contributed by atoms with Crippen molar-refractivity contribution in [3.8, 4) is 6.07 Å². The van der Waals surface area contributed by atoms with Gasteiger partial charge in [0.1, 0.15) is 24.5 Å². The number of benzene rings is 1. The van der Waals surface area contributed by atoms with Crippen molar-refractivity contribution in [1.29, 1.82) is 5.26 Å². The lowest BCUT2D eigenvalue weighted by molar-refractivity contribution is 1.06. The normalized spacial score (nSPS) is 9.90. The second-order valence-corrected chi connectivity index (χ2v) is 4.62. The van der Waals surface area contributed by atoms with E-state index in [2.05, 4.69) is 47.3 Å². The summed E-state index contributed by atoms with van der Waals surface area (Å²) in [4.78, 5) is 10.4. The minimum absolute atomic E-state index is 0.226. The molecular weight excluding hydrogens is 250 g/mol. The fourth-order valence-electron chi connectivity index (χ4n) is 2.06. The molecule has 0 aliphatic rings. The van der Waals surface area contributed by atoms with Crippen molar-refractivity contribution < 1.29 is 0 Å². The molecule has 0 aliphatic carbocycles. The quantitative estimate of drug-likeness (QED) is 0.863. The van der Waals surface area contributed by atoms with Crippen molar-refractivity contribution in [3.05, 3.63) is 41.7 Å². The summed E-state index contributed by atoms with van der Waals surface area (Å²) >= 11 is 0. The van der Waals surface area contributed by atoms with Crippen LogP contribution >= 0.6 is 0 Å². The third kappa shape index (κ3) is 3.04. The highest BCUT2D eigenvalue weighted by Crippen LogP contribution is 2.26. The van der Waals surface area contributed by atoms with Crippen LogP contribution < -0.4 is 10.2 Å². The summed E-state index contributed by atoms with van der Waals surface area (Å²) in [7, 11) is 1.97. The lowest BCUT2D eigenvalue weighted by Gasteiger charge is -2.21. The molecule has 102 valence electrons. The van der Waals surface area contributed by atoms with Gasteiger partial charge in [-0.25, -0.2) is 9.97 Å². The van der Waals surface area contributed by atoms with Crippen molar-refractivity contribution >= 4 is 17.3 Å². The summed E-state index contributed by atoms with van der Waals surface area (Å²) in [5.41, 5.74) is 3.52. The van der Waals surface area contributed by atoms with Crippen molar-refractivity contribution in [3.63, 3.8) is 0 Å². The number of rotatable bonds is 4. The van der Waals surface area contributed by atoms with Crippen molar-refractivity contribution in [2.24, 2.45) is 0 Å². The fourth-order valence-corrected chi connectivity index (χ4v) is 2.06. The molecule has 0 saturated heterocycles. The first-order valence-electron chi connectivity index (χ1n) is 6.35. The minimum atomic E-state index is 0.226. The Morgan fingerprint density at radius 2 is 2.05 bits per heavy atom. The van der Waals surface area contributed by atoms with Gasteiger partial charge in [-0.2, -0.15) is 5.26 Å². The van der Waals surface area contributed by atoms with Gasteiger partial charge in [-0.05, 0) is 25.5 Å². The molecule has 2 rings (SSSR count). The number of nitrogens with zero attached hydrogens (tertiary/aromatic N) is 4. The molecule has 0 spiro atoms. The molecule has 1 aromatic heterocycles. The number of hydrogen-bond donors (Lipinski definition) is 1. The largest absolute Gasteiger partial charge is 0.357 e. The van der Waals surface area contributed by atoms with E-state index >= 15 is 0 Å². The molecule has 0 saturated carbocycles. The number of nitrogens with one attached hydrogen (secondary N) is 1. The van der Waals surface area contributed by atoms with Crippen LogP contribution in [0.4, 0.5) is 17.3 Å². The molecule has 0 radical (unpaired) electrons. The topological polar surface area (TPSA) is 64.8 Å². The molecule has 1 N–H and O–H groups in total. The summed E-state index contributed by atoms with van der Waals surface area (Å²) in [6, 6.07) is 10.2. The van der Waals surface area contributed by atoms with Crippen LogP contribution in [0.2, 0.25) is 0 Å². The number of anilines is 3. The Morgan fingerprint density at radius 1 is 1.25 bits per heavy atom. The molecule has 0 atom stereocenters. The molecule has 0 fully saturated rings. The van der Waals surface area contributed by atoms with Crippen LogP contribution in [0.1, 0.15) is 11.1 Å².